The van der Waals surface area contributed by atoms with Crippen molar-refractivity contribution in [2.75, 3.05) is 32.7 Å². The summed E-state index contributed by atoms with van der Waals surface area (Å²) in [5, 5.41) is 3.39. The quantitative estimate of drug-likeness (QED) is 0.925. The van der Waals surface area contributed by atoms with Crippen LogP contribution in [0.25, 0.3) is 0 Å². The lowest BCUT2D eigenvalue weighted by molar-refractivity contribution is 0.162. The van der Waals surface area contributed by atoms with Crippen LogP contribution in [0.15, 0.2) is 18.2 Å². The van der Waals surface area contributed by atoms with E-state index in [-0.39, 0.29) is 0 Å². The van der Waals surface area contributed by atoms with Gasteiger partial charge in [-0.25, -0.2) is 0 Å². The Kier molecular flexibility index (Phi) is 5.37. The molecule has 0 atom stereocenters. The fraction of sp³-hybridized carbons (Fsp3) is 0.684. The van der Waals surface area contributed by atoms with E-state index in [1.807, 2.05) is 0 Å². The molecule has 0 aliphatic carbocycles. The lowest BCUT2D eigenvalue weighted by Crippen LogP contribution is -2.34. The van der Waals surface area contributed by atoms with Crippen molar-refractivity contribution in [3.63, 3.8) is 0 Å². The predicted molar refractivity (Wildman–Crippen MR) is 91.6 cm³/mol. The number of nitrogens with one attached hydrogen (secondary N) is 1. The van der Waals surface area contributed by atoms with Gasteiger partial charge in [0.15, 0.2) is 0 Å². The third-order valence-electron chi connectivity index (χ3n) is 4.78. The molecule has 3 rings (SSSR count). The van der Waals surface area contributed by atoms with Crippen LogP contribution in [-0.2, 0) is 12.8 Å². The molecule has 1 fully saturated rings. The van der Waals surface area contributed by atoms with Crippen LogP contribution in [0.1, 0.15) is 37.8 Å². The van der Waals surface area contributed by atoms with Crippen molar-refractivity contribution in [3.8, 4) is 5.75 Å². The minimum absolute atomic E-state index is 0.391. The Balaban J connectivity index is 1.63. The maximum Gasteiger partial charge on any atom is 0.120 e. The second-order valence-corrected chi connectivity index (χ2v) is 7.19. The number of nitrogens with zero attached hydrogens (tertiary/aromatic N) is 1. The molecule has 2 aliphatic rings. The van der Waals surface area contributed by atoms with Gasteiger partial charge in [0.05, 0.1) is 0 Å². The molecule has 122 valence electrons. The first-order valence-electron chi connectivity index (χ1n) is 8.92. The van der Waals surface area contributed by atoms with Crippen LogP contribution in [0.2, 0.25) is 0 Å². The number of hydrogen-bond donors (Lipinski definition) is 1. The Morgan fingerprint density at radius 2 is 1.86 bits per heavy atom. The van der Waals surface area contributed by atoms with Gasteiger partial charge in [-0.15, -0.1) is 0 Å². The topological polar surface area (TPSA) is 24.5 Å². The maximum atomic E-state index is 6.20. The summed E-state index contributed by atoms with van der Waals surface area (Å²) in [5.41, 5.74) is 3.02. The Morgan fingerprint density at radius 1 is 1.14 bits per heavy atom. The van der Waals surface area contributed by atoms with Gasteiger partial charge in [0.1, 0.15) is 11.9 Å². The minimum atomic E-state index is 0.391. The second kappa shape index (κ2) is 7.47. The predicted octanol–water partition coefficient (Wildman–Crippen LogP) is 2.87. The van der Waals surface area contributed by atoms with E-state index in [0.717, 1.165) is 44.0 Å². The number of fused-ring (bicyclic) bond motifs is 1. The molecule has 0 saturated carbocycles. The van der Waals surface area contributed by atoms with E-state index in [1.165, 1.54) is 37.2 Å². The molecule has 0 unspecified atom stereocenters. The van der Waals surface area contributed by atoms with Crippen molar-refractivity contribution in [1.82, 2.24) is 10.2 Å². The van der Waals surface area contributed by atoms with Crippen LogP contribution in [0.3, 0.4) is 0 Å². The number of piperidine rings is 1. The molecular formula is C19H30N2O. The van der Waals surface area contributed by atoms with Crippen molar-refractivity contribution in [2.24, 2.45) is 5.92 Å². The highest BCUT2D eigenvalue weighted by Crippen LogP contribution is 2.24. The van der Waals surface area contributed by atoms with Gasteiger partial charge in [0.25, 0.3) is 0 Å². The van der Waals surface area contributed by atoms with Gasteiger partial charge < -0.3 is 15.0 Å². The summed E-state index contributed by atoms with van der Waals surface area (Å²) < 4.78 is 6.20. The highest BCUT2D eigenvalue weighted by atomic mass is 16.5. The molecule has 0 amide bonds. The zero-order valence-electron chi connectivity index (χ0n) is 14.1. The van der Waals surface area contributed by atoms with E-state index in [2.05, 4.69) is 42.3 Å². The fourth-order valence-electron chi connectivity index (χ4n) is 3.63. The molecule has 22 heavy (non-hydrogen) atoms. The molecule has 1 saturated heterocycles. The molecular weight excluding hydrogens is 272 g/mol. The van der Waals surface area contributed by atoms with E-state index in [0.29, 0.717) is 6.10 Å². The number of hydrogen-bond acceptors (Lipinski definition) is 3. The lowest BCUT2D eigenvalue weighted by Gasteiger charge is -2.24. The van der Waals surface area contributed by atoms with Crippen molar-refractivity contribution in [2.45, 2.75) is 45.6 Å². The van der Waals surface area contributed by atoms with E-state index < -0.39 is 0 Å². The van der Waals surface area contributed by atoms with Gasteiger partial charge in [0, 0.05) is 19.6 Å². The number of ether oxygens (including phenoxy) is 1. The normalized spacial score (nSPS) is 20.7. The Bertz CT molecular complexity index is 480. The first kappa shape index (κ1) is 15.8. The standard InChI is InChI=1S/C19H30N2O/c1-15(2)14-21-11-7-16-3-4-19(13-17(16)8-12-21)22-18-5-9-20-10-6-18/h3-4,13,15,18,20H,5-12,14H2,1-2H3. The summed E-state index contributed by atoms with van der Waals surface area (Å²) in [6.45, 7) is 10.4. The summed E-state index contributed by atoms with van der Waals surface area (Å²) in [6, 6.07) is 6.78. The van der Waals surface area contributed by atoms with Gasteiger partial charge in [0.2, 0.25) is 0 Å². The molecule has 0 bridgehead atoms. The first-order chi connectivity index (χ1) is 10.7. The van der Waals surface area contributed by atoms with Crippen molar-refractivity contribution >= 4 is 0 Å². The number of benzene rings is 1. The van der Waals surface area contributed by atoms with Crippen molar-refractivity contribution in [3.05, 3.63) is 29.3 Å². The van der Waals surface area contributed by atoms with E-state index >= 15 is 0 Å². The largest absolute Gasteiger partial charge is 0.490 e. The molecule has 1 aromatic rings. The molecule has 3 heteroatoms. The molecule has 1 aromatic carbocycles. The van der Waals surface area contributed by atoms with E-state index in [1.54, 1.807) is 0 Å². The van der Waals surface area contributed by atoms with Crippen LogP contribution < -0.4 is 10.1 Å². The van der Waals surface area contributed by atoms with E-state index in [4.69, 9.17) is 4.74 Å². The Morgan fingerprint density at radius 3 is 2.59 bits per heavy atom. The van der Waals surface area contributed by atoms with E-state index in [9.17, 15) is 0 Å². The highest BCUT2D eigenvalue weighted by Gasteiger charge is 2.17. The smallest absolute Gasteiger partial charge is 0.120 e. The summed E-state index contributed by atoms with van der Waals surface area (Å²) in [5.74, 6) is 1.82. The fourth-order valence-corrected chi connectivity index (χ4v) is 3.63. The SMILES string of the molecule is CC(C)CN1CCc2ccc(OC3CCNCC3)cc2CC1. The molecule has 0 aromatic heterocycles. The van der Waals surface area contributed by atoms with Crippen LogP contribution in [-0.4, -0.2) is 43.7 Å². The third-order valence-corrected chi connectivity index (χ3v) is 4.78. The molecule has 1 N–H and O–H groups in total. The maximum absolute atomic E-state index is 6.20. The zero-order chi connectivity index (χ0) is 15.4. The highest BCUT2D eigenvalue weighted by molar-refractivity contribution is 5.37. The Labute approximate surface area is 135 Å². The number of rotatable bonds is 4. The zero-order valence-corrected chi connectivity index (χ0v) is 14.1. The van der Waals surface area contributed by atoms with Gasteiger partial charge in [-0.1, -0.05) is 19.9 Å². The van der Waals surface area contributed by atoms with Gasteiger partial charge in [-0.2, -0.15) is 0 Å². The van der Waals surface area contributed by atoms with Crippen LogP contribution in [0.5, 0.6) is 5.75 Å². The van der Waals surface area contributed by atoms with Gasteiger partial charge >= 0.3 is 0 Å². The van der Waals surface area contributed by atoms with Crippen LogP contribution in [0, 0.1) is 5.92 Å². The van der Waals surface area contributed by atoms with Crippen molar-refractivity contribution in [1.29, 1.82) is 0 Å². The van der Waals surface area contributed by atoms with Crippen molar-refractivity contribution < 1.29 is 4.74 Å². The third kappa shape index (κ3) is 4.23. The van der Waals surface area contributed by atoms with Gasteiger partial charge in [-0.3, -0.25) is 0 Å². The first-order valence-corrected chi connectivity index (χ1v) is 8.92. The molecule has 2 aliphatic heterocycles. The monoisotopic (exact) mass is 302 g/mol. The average Bonchev–Trinajstić information content (AvgIpc) is 2.70. The average molecular weight is 302 g/mol. The minimum Gasteiger partial charge on any atom is -0.490 e. The Hall–Kier alpha value is -1.06. The molecule has 0 spiro atoms. The van der Waals surface area contributed by atoms with Crippen LogP contribution in [0.4, 0.5) is 0 Å². The molecule has 3 nitrogen and oxygen atoms in total. The van der Waals surface area contributed by atoms with Crippen LogP contribution >= 0.6 is 0 Å². The summed E-state index contributed by atoms with van der Waals surface area (Å²) in [4.78, 5) is 2.61. The molecule has 0 radical (unpaired) electrons. The summed E-state index contributed by atoms with van der Waals surface area (Å²) in [6.07, 6.45) is 4.97. The lowest BCUT2D eigenvalue weighted by atomic mass is 10.0. The second-order valence-electron chi connectivity index (χ2n) is 7.19. The molecule has 2 heterocycles. The summed E-state index contributed by atoms with van der Waals surface area (Å²) >= 11 is 0. The summed E-state index contributed by atoms with van der Waals surface area (Å²) in [7, 11) is 0. The van der Waals surface area contributed by atoms with Gasteiger partial charge in [-0.05, 0) is 68.0 Å².